The second kappa shape index (κ2) is 11.3. The number of sulfonamides is 1. The van der Waals surface area contributed by atoms with Crippen LogP contribution in [0.25, 0.3) is 0 Å². The van der Waals surface area contributed by atoms with Crippen molar-refractivity contribution in [2.45, 2.75) is 18.9 Å². The lowest BCUT2D eigenvalue weighted by molar-refractivity contribution is -0.136. The number of aryl methyl sites for hydroxylation is 1. The number of amides is 2. The van der Waals surface area contributed by atoms with Crippen LogP contribution in [0.3, 0.4) is 0 Å². The highest BCUT2D eigenvalue weighted by molar-refractivity contribution is 7.92. The third-order valence-electron chi connectivity index (χ3n) is 6.47. The average molecular weight is 517 g/mol. The largest absolute Gasteiger partial charge is 0.497 e. The molecule has 0 aromatic heterocycles. The fourth-order valence-electron chi connectivity index (χ4n) is 4.59. The van der Waals surface area contributed by atoms with E-state index in [2.05, 4.69) is 15.5 Å². The third-order valence-corrected chi connectivity index (χ3v) is 7.65. The van der Waals surface area contributed by atoms with Crippen molar-refractivity contribution in [3.8, 4) is 5.75 Å². The van der Waals surface area contributed by atoms with Gasteiger partial charge in [-0.1, -0.05) is 18.2 Å². The maximum Gasteiger partial charge on any atom is 0.313 e. The molecule has 2 heterocycles. The van der Waals surface area contributed by atoms with Crippen molar-refractivity contribution >= 4 is 33.2 Å². The average Bonchev–Trinajstić information content (AvgIpc) is 2.88. The molecule has 11 heteroatoms. The molecule has 0 bridgehead atoms. The Balaban J connectivity index is 1.43. The first-order chi connectivity index (χ1) is 17.3. The highest BCUT2D eigenvalue weighted by atomic mass is 32.2. The molecule has 2 aliphatic rings. The quantitative estimate of drug-likeness (QED) is 0.536. The number of nitrogens with zero attached hydrogens (tertiary/aromatic N) is 2. The Morgan fingerprint density at radius 2 is 1.78 bits per heavy atom. The standard InChI is InChI=1S/C25H32N4O6S/c1-34-21-9-6-19(7-10-21)23(28-12-14-35-15-13-28)17-26-24(30)25(31)27-20-8-5-18-4-3-11-29(22(18)16-20)36(2,32)33/h5-10,16,23H,3-4,11-15,17H2,1-2H3,(H,26,30)(H,27,31). The van der Waals surface area contributed by atoms with Gasteiger partial charge in [0.2, 0.25) is 10.0 Å². The SMILES string of the molecule is COc1ccc(C(CNC(=O)C(=O)Nc2ccc3c(c2)N(S(C)(=O)=O)CCC3)N2CCOCC2)cc1. The van der Waals surface area contributed by atoms with E-state index in [0.717, 1.165) is 36.0 Å². The van der Waals surface area contributed by atoms with Crippen LogP contribution in [0.15, 0.2) is 42.5 Å². The molecule has 0 radical (unpaired) electrons. The predicted octanol–water partition coefficient (Wildman–Crippen LogP) is 1.54. The minimum atomic E-state index is -3.44. The Morgan fingerprint density at radius 1 is 1.06 bits per heavy atom. The minimum absolute atomic E-state index is 0.136. The number of benzene rings is 2. The zero-order chi connectivity index (χ0) is 25.7. The van der Waals surface area contributed by atoms with Crippen molar-refractivity contribution in [1.82, 2.24) is 10.2 Å². The maximum atomic E-state index is 12.7. The molecular formula is C25H32N4O6S. The van der Waals surface area contributed by atoms with E-state index in [1.807, 2.05) is 24.3 Å². The van der Waals surface area contributed by atoms with Gasteiger partial charge in [0, 0.05) is 31.9 Å². The van der Waals surface area contributed by atoms with Gasteiger partial charge in [-0.15, -0.1) is 0 Å². The Morgan fingerprint density at radius 3 is 2.44 bits per heavy atom. The number of rotatable bonds is 7. The molecule has 36 heavy (non-hydrogen) atoms. The van der Waals surface area contributed by atoms with Crippen LogP contribution in [-0.2, 0) is 30.8 Å². The Labute approximate surface area is 211 Å². The van der Waals surface area contributed by atoms with E-state index in [0.29, 0.717) is 44.2 Å². The zero-order valence-electron chi connectivity index (χ0n) is 20.5. The van der Waals surface area contributed by atoms with Gasteiger partial charge in [0.25, 0.3) is 0 Å². The lowest BCUT2D eigenvalue weighted by Gasteiger charge is -2.35. The van der Waals surface area contributed by atoms with Crippen LogP contribution in [0.4, 0.5) is 11.4 Å². The summed E-state index contributed by atoms with van der Waals surface area (Å²) in [5.41, 5.74) is 2.79. The molecule has 0 spiro atoms. The smallest absolute Gasteiger partial charge is 0.313 e. The summed E-state index contributed by atoms with van der Waals surface area (Å²) in [6.45, 7) is 3.26. The lowest BCUT2D eigenvalue weighted by Crippen LogP contribution is -2.45. The number of ether oxygens (including phenoxy) is 2. The number of carbonyl (C=O) groups is 2. The number of carbonyl (C=O) groups excluding carboxylic acids is 2. The van der Waals surface area contributed by atoms with Gasteiger partial charge in [-0.25, -0.2) is 8.42 Å². The summed E-state index contributed by atoms with van der Waals surface area (Å²) in [5.74, 6) is -0.839. The van der Waals surface area contributed by atoms with Crippen LogP contribution in [0.5, 0.6) is 5.75 Å². The molecule has 1 fully saturated rings. The summed E-state index contributed by atoms with van der Waals surface area (Å²) < 4.78 is 36.4. The third kappa shape index (κ3) is 6.15. The molecule has 194 valence electrons. The van der Waals surface area contributed by atoms with Crippen LogP contribution < -0.4 is 19.7 Å². The lowest BCUT2D eigenvalue weighted by atomic mass is 10.0. The molecule has 0 aliphatic carbocycles. The Hall–Kier alpha value is -3.15. The molecule has 2 aromatic rings. The second-order valence-corrected chi connectivity index (χ2v) is 10.8. The first kappa shape index (κ1) is 25.9. The summed E-state index contributed by atoms with van der Waals surface area (Å²) in [5, 5.41) is 5.35. The van der Waals surface area contributed by atoms with Gasteiger partial charge in [0.1, 0.15) is 5.75 Å². The molecule has 10 nitrogen and oxygen atoms in total. The van der Waals surface area contributed by atoms with Crippen LogP contribution in [0.1, 0.15) is 23.6 Å². The van der Waals surface area contributed by atoms with Crippen molar-refractivity contribution in [3.63, 3.8) is 0 Å². The van der Waals surface area contributed by atoms with E-state index in [9.17, 15) is 18.0 Å². The van der Waals surface area contributed by atoms with E-state index < -0.39 is 21.8 Å². The van der Waals surface area contributed by atoms with E-state index in [-0.39, 0.29) is 12.6 Å². The van der Waals surface area contributed by atoms with E-state index in [1.165, 1.54) is 4.31 Å². The van der Waals surface area contributed by atoms with Gasteiger partial charge in [-0.2, -0.15) is 0 Å². The molecule has 2 aromatic carbocycles. The normalized spacial score (nSPS) is 17.1. The number of methoxy groups -OCH3 is 1. The first-order valence-electron chi connectivity index (χ1n) is 11.9. The number of morpholine rings is 1. The highest BCUT2D eigenvalue weighted by Crippen LogP contribution is 2.31. The van der Waals surface area contributed by atoms with Crippen molar-refractivity contribution in [3.05, 3.63) is 53.6 Å². The van der Waals surface area contributed by atoms with Crippen LogP contribution in [0, 0.1) is 0 Å². The van der Waals surface area contributed by atoms with Crippen molar-refractivity contribution in [2.24, 2.45) is 0 Å². The maximum absolute atomic E-state index is 12.7. The van der Waals surface area contributed by atoms with Gasteiger partial charge >= 0.3 is 11.8 Å². The molecule has 4 rings (SSSR count). The highest BCUT2D eigenvalue weighted by Gasteiger charge is 2.26. The molecule has 2 amide bonds. The zero-order valence-corrected chi connectivity index (χ0v) is 21.3. The Bertz CT molecular complexity index is 1200. The minimum Gasteiger partial charge on any atom is -0.497 e. The van der Waals surface area contributed by atoms with E-state index in [4.69, 9.17) is 9.47 Å². The molecular weight excluding hydrogens is 484 g/mol. The van der Waals surface area contributed by atoms with Gasteiger partial charge in [-0.3, -0.25) is 18.8 Å². The van der Waals surface area contributed by atoms with Crippen molar-refractivity contribution < 1.29 is 27.5 Å². The number of anilines is 2. The summed E-state index contributed by atoms with van der Waals surface area (Å²) in [4.78, 5) is 27.6. The molecule has 1 saturated heterocycles. The fraction of sp³-hybridized carbons (Fsp3) is 0.440. The summed E-state index contributed by atoms with van der Waals surface area (Å²) in [6.07, 6.45) is 2.64. The van der Waals surface area contributed by atoms with Crippen LogP contribution >= 0.6 is 0 Å². The van der Waals surface area contributed by atoms with Gasteiger partial charge in [0.05, 0.1) is 38.3 Å². The summed E-state index contributed by atoms with van der Waals surface area (Å²) in [6, 6.07) is 12.6. The number of fused-ring (bicyclic) bond motifs is 1. The monoisotopic (exact) mass is 516 g/mol. The van der Waals surface area contributed by atoms with E-state index in [1.54, 1.807) is 25.3 Å². The number of hydrogen-bond acceptors (Lipinski definition) is 7. The van der Waals surface area contributed by atoms with Crippen molar-refractivity contribution in [2.75, 3.05) is 62.4 Å². The van der Waals surface area contributed by atoms with Gasteiger partial charge in [-0.05, 0) is 48.2 Å². The first-order valence-corrected chi connectivity index (χ1v) is 13.8. The number of nitrogens with one attached hydrogen (secondary N) is 2. The summed E-state index contributed by atoms with van der Waals surface area (Å²) >= 11 is 0. The summed E-state index contributed by atoms with van der Waals surface area (Å²) in [7, 11) is -1.84. The van der Waals surface area contributed by atoms with Crippen molar-refractivity contribution in [1.29, 1.82) is 0 Å². The number of hydrogen-bond donors (Lipinski definition) is 2. The van der Waals surface area contributed by atoms with Gasteiger partial charge in [0.15, 0.2) is 0 Å². The predicted molar refractivity (Wildman–Crippen MR) is 137 cm³/mol. The van der Waals surface area contributed by atoms with E-state index >= 15 is 0 Å². The molecule has 2 aliphatic heterocycles. The van der Waals surface area contributed by atoms with Crippen LogP contribution in [0.2, 0.25) is 0 Å². The van der Waals surface area contributed by atoms with Crippen LogP contribution in [-0.4, -0.2) is 77.9 Å². The van der Waals surface area contributed by atoms with Gasteiger partial charge < -0.3 is 20.1 Å². The fourth-order valence-corrected chi connectivity index (χ4v) is 5.58. The molecule has 1 unspecified atom stereocenters. The molecule has 1 atom stereocenters. The topological polar surface area (TPSA) is 117 Å². The second-order valence-electron chi connectivity index (χ2n) is 8.88. The Kier molecular flexibility index (Phi) is 8.12. The molecule has 2 N–H and O–H groups in total. The molecule has 0 saturated carbocycles.